The monoisotopic (exact) mass is 536 g/mol. The molecule has 1 atom stereocenters. The average Bonchev–Trinajstić information content (AvgIpc) is 3.23. The van der Waals surface area contributed by atoms with E-state index < -0.39 is 11.9 Å². The van der Waals surface area contributed by atoms with Gasteiger partial charge in [-0.2, -0.15) is 0 Å². The number of carbonyl (C=O) groups excluding carboxylic acids is 4. The highest BCUT2D eigenvalue weighted by Crippen LogP contribution is 2.30. The lowest BCUT2D eigenvalue weighted by atomic mass is 10.0. The van der Waals surface area contributed by atoms with Gasteiger partial charge in [-0.3, -0.25) is 24.5 Å². The lowest BCUT2D eigenvalue weighted by molar-refractivity contribution is -0.137. The molecular weight excluding hydrogens is 500 g/mol. The zero-order valence-corrected chi connectivity index (χ0v) is 21.4. The number of piperidine rings is 1. The first-order chi connectivity index (χ1) is 18.5. The Morgan fingerprint density at radius 2 is 1.63 bits per heavy atom. The molecule has 0 aromatic heterocycles. The molecule has 1 aromatic carbocycles. The van der Waals surface area contributed by atoms with Crippen molar-refractivity contribution in [3.05, 3.63) is 29.3 Å². The van der Waals surface area contributed by atoms with Crippen molar-refractivity contribution in [2.24, 2.45) is 5.73 Å². The number of imide groups is 1. The largest absolute Gasteiger partial charge is 0.484 e. The molecule has 2 heterocycles. The quantitative estimate of drug-likeness (QED) is 0.156. The SMILES string of the molecule is NCCOCCOCCOCCOCCNC(=O)COc1ccc2c(c1)CN(C1CCC(=O)NC1=O)C2=O. The number of carbonyl (C=O) groups is 4. The van der Waals surface area contributed by atoms with Crippen LogP contribution in [0.2, 0.25) is 0 Å². The van der Waals surface area contributed by atoms with Gasteiger partial charge in [0.2, 0.25) is 11.8 Å². The third-order valence-electron chi connectivity index (χ3n) is 5.81. The summed E-state index contributed by atoms with van der Waals surface area (Å²) in [5, 5.41) is 4.98. The Hall–Kier alpha value is -3.10. The first-order valence-corrected chi connectivity index (χ1v) is 12.7. The Morgan fingerprint density at radius 3 is 2.29 bits per heavy atom. The van der Waals surface area contributed by atoms with Crippen molar-refractivity contribution in [2.75, 3.05) is 72.6 Å². The van der Waals surface area contributed by atoms with Crippen molar-refractivity contribution in [3.8, 4) is 5.75 Å². The molecule has 210 valence electrons. The maximum atomic E-state index is 12.7. The van der Waals surface area contributed by atoms with Crippen LogP contribution in [-0.4, -0.2) is 107 Å². The fourth-order valence-electron chi connectivity index (χ4n) is 3.95. The predicted octanol–water partition coefficient (Wildman–Crippen LogP) is -1.03. The molecule has 1 unspecified atom stereocenters. The molecule has 0 bridgehead atoms. The molecule has 1 saturated heterocycles. The van der Waals surface area contributed by atoms with E-state index in [1.807, 2.05) is 0 Å². The Balaban J connectivity index is 1.23. The summed E-state index contributed by atoms with van der Waals surface area (Å²) >= 11 is 0. The van der Waals surface area contributed by atoms with Gasteiger partial charge in [0.1, 0.15) is 11.8 Å². The third-order valence-corrected chi connectivity index (χ3v) is 5.81. The van der Waals surface area contributed by atoms with Crippen LogP contribution in [0.5, 0.6) is 5.75 Å². The van der Waals surface area contributed by atoms with E-state index in [1.54, 1.807) is 18.2 Å². The van der Waals surface area contributed by atoms with Gasteiger partial charge in [0.15, 0.2) is 6.61 Å². The number of ether oxygens (including phenoxy) is 5. The number of nitrogens with one attached hydrogen (secondary N) is 2. The van der Waals surface area contributed by atoms with Gasteiger partial charge in [0.05, 0.1) is 52.9 Å². The zero-order valence-electron chi connectivity index (χ0n) is 21.4. The van der Waals surface area contributed by atoms with Gasteiger partial charge in [-0.1, -0.05) is 0 Å². The summed E-state index contributed by atoms with van der Waals surface area (Å²) in [4.78, 5) is 49.8. The normalized spacial score (nSPS) is 16.9. The molecule has 0 spiro atoms. The lowest BCUT2D eigenvalue weighted by Crippen LogP contribution is -2.52. The van der Waals surface area contributed by atoms with E-state index in [2.05, 4.69) is 10.6 Å². The Bertz CT molecular complexity index is 959. The second-order valence-electron chi connectivity index (χ2n) is 8.60. The number of fused-ring (bicyclic) bond motifs is 1. The van der Waals surface area contributed by atoms with E-state index in [4.69, 9.17) is 29.4 Å². The van der Waals surface area contributed by atoms with Gasteiger partial charge < -0.3 is 39.6 Å². The second kappa shape index (κ2) is 16.0. The summed E-state index contributed by atoms with van der Waals surface area (Å²) < 4.78 is 26.9. The van der Waals surface area contributed by atoms with Crippen LogP contribution in [-0.2, 0) is 39.9 Å². The molecule has 13 heteroatoms. The Labute approximate surface area is 221 Å². The third kappa shape index (κ3) is 9.33. The highest BCUT2D eigenvalue weighted by molar-refractivity contribution is 6.05. The molecule has 0 radical (unpaired) electrons. The first-order valence-electron chi connectivity index (χ1n) is 12.7. The van der Waals surface area contributed by atoms with Crippen LogP contribution in [0.15, 0.2) is 18.2 Å². The highest BCUT2D eigenvalue weighted by Gasteiger charge is 2.39. The summed E-state index contributed by atoms with van der Waals surface area (Å²) in [7, 11) is 0. The number of rotatable bonds is 18. The van der Waals surface area contributed by atoms with E-state index in [0.717, 1.165) is 0 Å². The molecule has 3 rings (SSSR count). The molecule has 1 aromatic rings. The molecule has 38 heavy (non-hydrogen) atoms. The van der Waals surface area contributed by atoms with Crippen molar-refractivity contribution >= 4 is 23.6 Å². The summed E-state index contributed by atoms with van der Waals surface area (Å²) in [6, 6.07) is 4.25. The van der Waals surface area contributed by atoms with E-state index >= 15 is 0 Å². The Kier molecular flexibility index (Phi) is 12.4. The van der Waals surface area contributed by atoms with E-state index in [-0.39, 0.29) is 37.3 Å². The van der Waals surface area contributed by atoms with Gasteiger partial charge in [0, 0.05) is 31.6 Å². The van der Waals surface area contributed by atoms with Crippen molar-refractivity contribution in [2.45, 2.75) is 25.4 Å². The van der Waals surface area contributed by atoms with Gasteiger partial charge >= 0.3 is 0 Å². The molecule has 0 aliphatic carbocycles. The summed E-state index contributed by atoms with van der Waals surface area (Å²) in [6.45, 7) is 4.49. The fraction of sp³-hybridized carbons (Fsp3) is 0.600. The van der Waals surface area contributed by atoms with Crippen molar-refractivity contribution in [3.63, 3.8) is 0 Å². The number of hydrogen-bond donors (Lipinski definition) is 3. The molecule has 2 aliphatic rings. The molecule has 4 N–H and O–H groups in total. The summed E-state index contributed by atoms with van der Waals surface area (Å²) in [5.41, 5.74) is 6.50. The maximum Gasteiger partial charge on any atom is 0.258 e. The van der Waals surface area contributed by atoms with Crippen LogP contribution in [0, 0.1) is 0 Å². The van der Waals surface area contributed by atoms with Crippen LogP contribution in [0.1, 0.15) is 28.8 Å². The predicted molar refractivity (Wildman–Crippen MR) is 133 cm³/mol. The van der Waals surface area contributed by atoms with Crippen LogP contribution >= 0.6 is 0 Å². The van der Waals surface area contributed by atoms with Gasteiger partial charge in [-0.25, -0.2) is 0 Å². The van der Waals surface area contributed by atoms with Crippen LogP contribution in [0.25, 0.3) is 0 Å². The second-order valence-corrected chi connectivity index (χ2v) is 8.60. The molecule has 13 nitrogen and oxygen atoms in total. The minimum Gasteiger partial charge on any atom is -0.484 e. The molecule has 1 fully saturated rings. The van der Waals surface area contributed by atoms with Gasteiger partial charge in [0.25, 0.3) is 11.8 Å². The fourth-order valence-corrected chi connectivity index (χ4v) is 3.95. The molecule has 0 saturated carbocycles. The van der Waals surface area contributed by atoms with Crippen LogP contribution in [0.4, 0.5) is 0 Å². The minimum absolute atomic E-state index is 0.191. The van der Waals surface area contributed by atoms with E-state index in [0.29, 0.717) is 89.2 Å². The minimum atomic E-state index is -0.678. The summed E-state index contributed by atoms with van der Waals surface area (Å²) in [6.07, 6.45) is 0.493. The molecule has 4 amide bonds. The topological polar surface area (TPSA) is 168 Å². The lowest BCUT2D eigenvalue weighted by Gasteiger charge is -2.29. The smallest absolute Gasteiger partial charge is 0.258 e. The molecule has 2 aliphatic heterocycles. The zero-order chi connectivity index (χ0) is 27.2. The standard InChI is InChI=1S/C25H36N4O9/c26-5-7-34-9-11-36-13-14-37-12-10-35-8-6-27-23(31)17-38-19-1-2-20-18(15-19)16-29(25(20)33)21-3-4-22(30)28-24(21)32/h1-2,15,21H,3-14,16-17,26H2,(H,27,31)(H,28,30,32). The van der Waals surface area contributed by atoms with E-state index in [1.165, 1.54) is 4.90 Å². The van der Waals surface area contributed by atoms with Crippen molar-refractivity contribution in [1.29, 1.82) is 0 Å². The van der Waals surface area contributed by atoms with Gasteiger partial charge in [-0.05, 0) is 30.2 Å². The van der Waals surface area contributed by atoms with Crippen LogP contribution in [0.3, 0.4) is 0 Å². The summed E-state index contributed by atoms with van der Waals surface area (Å²) in [5.74, 6) is -0.917. The Morgan fingerprint density at radius 1 is 0.974 bits per heavy atom. The van der Waals surface area contributed by atoms with Crippen LogP contribution < -0.4 is 21.1 Å². The number of amides is 4. The maximum absolute atomic E-state index is 12.7. The number of nitrogens with zero attached hydrogens (tertiary/aromatic N) is 1. The number of nitrogens with two attached hydrogens (primary N) is 1. The van der Waals surface area contributed by atoms with Crippen molar-refractivity contribution < 1.29 is 42.9 Å². The van der Waals surface area contributed by atoms with Gasteiger partial charge in [-0.15, -0.1) is 0 Å². The average molecular weight is 537 g/mol. The van der Waals surface area contributed by atoms with E-state index in [9.17, 15) is 19.2 Å². The molecular formula is C25H36N4O9. The first kappa shape index (κ1) is 29.5. The van der Waals surface area contributed by atoms with Crippen molar-refractivity contribution in [1.82, 2.24) is 15.5 Å². The highest BCUT2D eigenvalue weighted by atomic mass is 16.6. The number of hydrogen-bond acceptors (Lipinski definition) is 10. The number of benzene rings is 1.